The van der Waals surface area contributed by atoms with Crippen molar-refractivity contribution in [2.45, 2.75) is 33.3 Å². The van der Waals surface area contributed by atoms with Crippen LogP contribution in [0.5, 0.6) is 0 Å². The summed E-state index contributed by atoms with van der Waals surface area (Å²) in [5.74, 6) is 0.770. The van der Waals surface area contributed by atoms with Crippen molar-refractivity contribution in [3.05, 3.63) is 118 Å². The van der Waals surface area contributed by atoms with E-state index in [0.29, 0.717) is 39.8 Å². The third-order valence-corrected chi connectivity index (χ3v) is 7.93. The fraction of sp³-hybridized carbons (Fsp3) is 0.171. The number of nitrogen functional groups attached to an aromatic ring is 4. The maximum absolute atomic E-state index is 12.0. The van der Waals surface area contributed by atoms with Crippen molar-refractivity contribution in [3.63, 3.8) is 0 Å². The van der Waals surface area contributed by atoms with Gasteiger partial charge in [0.1, 0.15) is 11.5 Å². The monoisotopic (exact) mass is 648 g/mol. The van der Waals surface area contributed by atoms with Gasteiger partial charge in [0.05, 0.1) is 58.2 Å². The van der Waals surface area contributed by atoms with Crippen LogP contribution in [0.4, 0.5) is 22.7 Å². The second-order valence-electron chi connectivity index (χ2n) is 11.1. The molecule has 0 bridgehead atoms. The smallest absolute Gasteiger partial charge is 0.340 e. The van der Waals surface area contributed by atoms with Gasteiger partial charge in [0, 0.05) is 29.1 Å². The number of methoxy groups -OCH3 is 1. The van der Waals surface area contributed by atoms with Crippen molar-refractivity contribution in [2.75, 3.05) is 30.0 Å². The molecule has 9 N–H and O–H groups in total. The molecule has 0 radical (unpaired) electrons. The largest absolute Gasteiger partial charge is 0.465 e. The highest BCUT2D eigenvalue weighted by atomic mass is 16.5. The second kappa shape index (κ2) is 13.3. The average molecular weight is 649 g/mol. The quantitative estimate of drug-likeness (QED) is 0.117. The highest BCUT2D eigenvalue weighted by Gasteiger charge is 2.39. The molecule has 246 valence electrons. The fourth-order valence-electron chi connectivity index (χ4n) is 5.57. The number of nitrogens with zero attached hydrogens (tertiary/aromatic N) is 4. The fourth-order valence-corrected chi connectivity index (χ4v) is 5.57. The Balaban J connectivity index is 0.000000206. The minimum atomic E-state index is -1.70. The van der Waals surface area contributed by atoms with Crippen LogP contribution < -0.4 is 22.9 Å². The van der Waals surface area contributed by atoms with Gasteiger partial charge in [0.15, 0.2) is 5.60 Å². The van der Waals surface area contributed by atoms with Gasteiger partial charge in [0.25, 0.3) is 0 Å². The second-order valence-corrected chi connectivity index (χ2v) is 11.1. The Labute approximate surface area is 276 Å². The van der Waals surface area contributed by atoms with Crippen LogP contribution in [-0.2, 0) is 10.3 Å². The van der Waals surface area contributed by atoms with Crippen LogP contribution in [0.1, 0.15) is 50.2 Å². The molecule has 0 spiro atoms. The van der Waals surface area contributed by atoms with Crippen LogP contribution in [0.15, 0.2) is 82.1 Å². The first-order valence-electron chi connectivity index (χ1n) is 14.8. The predicted octanol–water partition coefficient (Wildman–Crippen LogP) is 5.11. The number of benzene rings is 2. The molecule has 0 aliphatic heterocycles. The summed E-state index contributed by atoms with van der Waals surface area (Å²) < 4.78 is 15.1. The van der Waals surface area contributed by atoms with Gasteiger partial charge in [-0.3, -0.25) is 9.97 Å². The summed E-state index contributed by atoms with van der Waals surface area (Å²) in [6, 6.07) is 17.5. The number of ether oxygens (including phenoxy) is 1. The number of hydrogen-bond acceptors (Lipinski definition) is 13. The van der Waals surface area contributed by atoms with Gasteiger partial charge in [-0.1, -0.05) is 22.4 Å². The van der Waals surface area contributed by atoms with E-state index in [-0.39, 0.29) is 16.9 Å². The number of aliphatic hydroxyl groups is 1. The van der Waals surface area contributed by atoms with Crippen LogP contribution >= 0.6 is 0 Å². The number of anilines is 4. The summed E-state index contributed by atoms with van der Waals surface area (Å²) in [4.78, 5) is 20.5. The zero-order valence-electron chi connectivity index (χ0n) is 27.1. The van der Waals surface area contributed by atoms with Crippen LogP contribution in [0.25, 0.3) is 22.3 Å². The zero-order valence-corrected chi connectivity index (χ0v) is 27.1. The van der Waals surface area contributed by atoms with E-state index in [1.165, 1.54) is 7.11 Å². The maximum Gasteiger partial charge on any atom is 0.340 e. The predicted molar refractivity (Wildman–Crippen MR) is 182 cm³/mol. The molecule has 0 atom stereocenters. The molecule has 13 nitrogen and oxygen atoms in total. The lowest BCUT2D eigenvalue weighted by atomic mass is 9.83. The van der Waals surface area contributed by atoms with E-state index in [1.807, 2.05) is 20.8 Å². The molecule has 0 saturated heterocycles. The van der Waals surface area contributed by atoms with E-state index in [0.717, 1.165) is 33.6 Å². The normalized spacial score (nSPS) is 11.1. The third kappa shape index (κ3) is 6.01. The first-order chi connectivity index (χ1) is 22.9. The molecule has 0 aliphatic carbocycles. The zero-order chi connectivity index (χ0) is 34.7. The van der Waals surface area contributed by atoms with Gasteiger partial charge >= 0.3 is 5.97 Å². The molecule has 0 saturated carbocycles. The summed E-state index contributed by atoms with van der Waals surface area (Å²) in [5, 5.41) is 19.9. The van der Waals surface area contributed by atoms with E-state index < -0.39 is 11.6 Å². The van der Waals surface area contributed by atoms with Crippen molar-refractivity contribution in [2.24, 2.45) is 0 Å². The molecule has 13 heteroatoms. The Morgan fingerprint density at radius 1 is 0.729 bits per heavy atom. The lowest BCUT2D eigenvalue weighted by Crippen LogP contribution is -2.32. The number of aryl methyl sites for hydroxylation is 4. The minimum Gasteiger partial charge on any atom is -0.465 e. The Kier molecular flexibility index (Phi) is 9.16. The highest BCUT2D eigenvalue weighted by molar-refractivity contribution is 6.00. The van der Waals surface area contributed by atoms with Crippen LogP contribution in [-0.4, -0.2) is 38.5 Å². The van der Waals surface area contributed by atoms with Gasteiger partial charge in [-0.05, 0) is 87.4 Å². The lowest BCUT2D eigenvalue weighted by molar-refractivity contribution is 0.0602. The van der Waals surface area contributed by atoms with Crippen molar-refractivity contribution >= 4 is 28.7 Å². The number of esters is 1. The number of carbonyl (C=O) groups is 1. The molecular weight excluding hydrogens is 612 g/mol. The highest BCUT2D eigenvalue weighted by Crippen LogP contribution is 2.42. The molecule has 6 aromatic rings. The van der Waals surface area contributed by atoms with Crippen LogP contribution in [0.3, 0.4) is 0 Å². The number of rotatable bonds is 6. The molecule has 6 rings (SSSR count). The van der Waals surface area contributed by atoms with Crippen molar-refractivity contribution in [1.29, 1.82) is 0 Å². The molecule has 0 unspecified atom stereocenters. The summed E-state index contributed by atoms with van der Waals surface area (Å²) in [6.45, 7) is 7.28. The molecule has 4 heterocycles. The van der Waals surface area contributed by atoms with Crippen molar-refractivity contribution in [1.82, 2.24) is 20.3 Å². The molecule has 4 aromatic heterocycles. The van der Waals surface area contributed by atoms with E-state index in [1.54, 1.807) is 80.0 Å². The number of carbonyl (C=O) groups excluding carboxylic acids is 1. The van der Waals surface area contributed by atoms with Gasteiger partial charge in [0.2, 0.25) is 0 Å². The topological polar surface area (TPSA) is 228 Å². The van der Waals surface area contributed by atoms with Gasteiger partial charge in [-0.15, -0.1) is 0 Å². The number of nitrogens with two attached hydrogens (primary N) is 4. The summed E-state index contributed by atoms with van der Waals surface area (Å²) in [7, 11) is 1.29. The Morgan fingerprint density at radius 2 is 1.21 bits per heavy atom. The summed E-state index contributed by atoms with van der Waals surface area (Å²) >= 11 is 0. The molecule has 48 heavy (non-hydrogen) atoms. The van der Waals surface area contributed by atoms with E-state index in [4.69, 9.17) is 36.7 Å². The third-order valence-electron chi connectivity index (χ3n) is 7.93. The van der Waals surface area contributed by atoms with E-state index in [9.17, 15) is 9.90 Å². The molecular formula is C35H36N8O5. The number of pyridine rings is 2. The molecule has 0 amide bonds. The summed E-state index contributed by atoms with van der Waals surface area (Å²) in [5.41, 5.74) is 29.6. The van der Waals surface area contributed by atoms with E-state index in [2.05, 4.69) is 20.3 Å². The molecule has 0 aliphatic rings. The molecule has 2 aromatic carbocycles. The van der Waals surface area contributed by atoms with Gasteiger partial charge in [-0.2, -0.15) is 0 Å². The van der Waals surface area contributed by atoms with Crippen LogP contribution in [0.2, 0.25) is 0 Å². The first kappa shape index (κ1) is 33.2. The standard InChI is InChI=1S/C22H21N5O2.C13H15N3O3/c1-13-20(14(2)29-27-13)15-11-16(21(24)17(23)12-15)22(28,18-7-3-5-9-25-18)19-8-4-6-10-26-19;1-6-11(7(2)19-16-6)8-4-9(13(17)18-3)12(15)10(14)5-8/h3-12,28H,23-24H2,1-2H3;4-5H,14-15H2,1-3H3. The van der Waals surface area contributed by atoms with Gasteiger partial charge in [-0.25, -0.2) is 4.79 Å². The summed E-state index contributed by atoms with van der Waals surface area (Å²) in [6.07, 6.45) is 3.22. The Hall–Kier alpha value is -6.21. The number of hydrogen-bond donors (Lipinski definition) is 5. The molecule has 0 fully saturated rings. The van der Waals surface area contributed by atoms with E-state index >= 15 is 0 Å². The van der Waals surface area contributed by atoms with Crippen molar-refractivity contribution in [3.8, 4) is 22.3 Å². The maximum atomic E-state index is 12.0. The lowest BCUT2D eigenvalue weighted by Gasteiger charge is -2.30. The first-order valence-corrected chi connectivity index (χ1v) is 14.8. The minimum absolute atomic E-state index is 0.211. The Morgan fingerprint density at radius 3 is 1.62 bits per heavy atom. The van der Waals surface area contributed by atoms with Crippen LogP contribution in [0, 0.1) is 27.7 Å². The SMILES string of the molecule is COC(=O)c1cc(-c2c(C)noc2C)cc(N)c1N.Cc1noc(C)c1-c1cc(N)c(N)c(C(O)(c2ccccn2)c2ccccn2)c1. The number of aromatic nitrogens is 4. The van der Waals surface area contributed by atoms with Crippen molar-refractivity contribution < 1.29 is 23.7 Å². The average Bonchev–Trinajstić information content (AvgIpc) is 3.62. The van der Waals surface area contributed by atoms with Gasteiger partial charge < -0.3 is 41.8 Å². The Bertz CT molecular complexity index is 2010.